The van der Waals surface area contributed by atoms with Crippen molar-refractivity contribution in [1.82, 2.24) is 4.90 Å². The number of rotatable bonds is 7. The molecule has 8 heteroatoms. The minimum atomic E-state index is -0.353. The number of aliphatic imine (C=N–C) groups is 1. The zero-order chi connectivity index (χ0) is 20.8. The Morgan fingerprint density at radius 2 is 1.76 bits per heavy atom. The topological polar surface area (TPSA) is 110 Å². The fourth-order valence-corrected chi connectivity index (χ4v) is 3.16. The summed E-state index contributed by atoms with van der Waals surface area (Å²) in [5, 5.41) is 9.23. The van der Waals surface area contributed by atoms with E-state index in [2.05, 4.69) is 28.8 Å². The lowest BCUT2D eigenvalue weighted by molar-refractivity contribution is 0.0583. The van der Waals surface area contributed by atoms with Gasteiger partial charge in [0.05, 0.1) is 6.54 Å². The van der Waals surface area contributed by atoms with Gasteiger partial charge >= 0.3 is 6.02 Å². The lowest BCUT2D eigenvalue weighted by atomic mass is 9.94. The van der Waals surface area contributed by atoms with Crippen molar-refractivity contribution in [3.05, 3.63) is 47.5 Å². The van der Waals surface area contributed by atoms with Crippen LogP contribution in [0.1, 0.15) is 46.9 Å². The summed E-state index contributed by atoms with van der Waals surface area (Å²) in [7, 11) is 0. The highest BCUT2D eigenvalue weighted by atomic mass is 16.5. The van der Waals surface area contributed by atoms with E-state index >= 15 is 0 Å². The van der Waals surface area contributed by atoms with E-state index in [4.69, 9.17) is 10.5 Å². The van der Waals surface area contributed by atoms with Crippen LogP contribution in [-0.4, -0.2) is 48.4 Å². The largest absolute Gasteiger partial charge is 0.462 e. The number of amidine groups is 2. The van der Waals surface area contributed by atoms with Crippen LogP contribution in [0.4, 0.5) is 0 Å². The molecular formula is C21H23N5O3. The highest BCUT2D eigenvalue weighted by molar-refractivity contribution is 6.25. The maximum absolute atomic E-state index is 12.8. The molecule has 2 amide bonds. The number of ether oxygens (including phenoxy) is 1. The first-order chi connectivity index (χ1) is 14.1. The van der Waals surface area contributed by atoms with Crippen molar-refractivity contribution in [1.29, 1.82) is 0 Å². The second-order valence-electron chi connectivity index (χ2n) is 6.54. The van der Waals surface area contributed by atoms with Gasteiger partial charge in [0.2, 0.25) is 0 Å². The molecule has 1 aliphatic heterocycles. The quantitative estimate of drug-likeness (QED) is 0.337. The summed E-state index contributed by atoms with van der Waals surface area (Å²) in [5.74, 6) is -0.229. The Balaban J connectivity index is 1.67. The van der Waals surface area contributed by atoms with Crippen molar-refractivity contribution in [2.45, 2.75) is 26.2 Å². The van der Waals surface area contributed by atoms with Crippen molar-refractivity contribution in [2.75, 3.05) is 13.2 Å². The maximum atomic E-state index is 12.8. The molecular weight excluding hydrogens is 370 g/mol. The van der Waals surface area contributed by atoms with Crippen molar-refractivity contribution in [3.63, 3.8) is 0 Å². The monoisotopic (exact) mass is 393 g/mol. The Hall–Kier alpha value is -3.55. The molecule has 0 fully saturated rings. The van der Waals surface area contributed by atoms with Crippen LogP contribution in [0, 0.1) is 0 Å². The summed E-state index contributed by atoms with van der Waals surface area (Å²) in [6.07, 6.45) is 2.57. The van der Waals surface area contributed by atoms with E-state index in [-0.39, 0.29) is 31.0 Å². The summed E-state index contributed by atoms with van der Waals surface area (Å²) < 4.78 is 5.31. The van der Waals surface area contributed by atoms with Gasteiger partial charge < -0.3 is 10.5 Å². The van der Waals surface area contributed by atoms with E-state index in [9.17, 15) is 9.59 Å². The van der Waals surface area contributed by atoms with E-state index in [1.807, 2.05) is 12.1 Å². The third-order valence-electron chi connectivity index (χ3n) is 4.62. The molecule has 0 unspecified atom stereocenters. The normalized spacial score (nSPS) is 14.4. The van der Waals surface area contributed by atoms with Crippen LogP contribution in [0.25, 0.3) is 10.8 Å². The molecule has 1 heterocycles. The number of benzene rings is 2. The molecule has 0 saturated heterocycles. The van der Waals surface area contributed by atoms with Crippen LogP contribution in [0.3, 0.4) is 0 Å². The predicted molar refractivity (Wildman–Crippen MR) is 113 cm³/mol. The molecule has 0 saturated carbocycles. The molecule has 2 aromatic rings. The van der Waals surface area contributed by atoms with Crippen molar-refractivity contribution >= 4 is 41.2 Å². The van der Waals surface area contributed by atoms with Gasteiger partial charge in [0, 0.05) is 22.9 Å². The molecule has 2 N–H and O–H groups in total. The smallest absolute Gasteiger partial charge is 0.306 e. The number of imide groups is 1. The molecule has 0 aliphatic carbocycles. The maximum Gasteiger partial charge on any atom is 0.306 e. The first-order valence-electron chi connectivity index (χ1n) is 9.44. The third kappa shape index (κ3) is 4.31. The van der Waals surface area contributed by atoms with E-state index < -0.39 is 0 Å². The van der Waals surface area contributed by atoms with Crippen LogP contribution < -0.4 is 5.73 Å². The Morgan fingerprint density at radius 1 is 1.10 bits per heavy atom. The number of nitrogens with two attached hydrogens (primary N) is 1. The first-order valence-corrected chi connectivity index (χ1v) is 9.44. The Kier molecular flexibility index (Phi) is 6.33. The number of nitrogens with zero attached hydrogens (tertiary/aromatic N) is 4. The Bertz CT molecular complexity index is 962. The van der Waals surface area contributed by atoms with Gasteiger partial charge in [-0.05, 0) is 30.7 Å². The number of carbonyl (C=O) groups excluding carboxylic acids is 2. The number of amides is 2. The van der Waals surface area contributed by atoms with Crippen LogP contribution in [0.5, 0.6) is 0 Å². The molecule has 0 aromatic heterocycles. The van der Waals surface area contributed by atoms with Crippen LogP contribution >= 0.6 is 0 Å². The molecule has 29 heavy (non-hydrogen) atoms. The van der Waals surface area contributed by atoms with Crippen LogP contribution in [-0.2, 0) is 4.74 Å². The molecule has 8 nitrogen and oxygen atoms in total. The standard InChI is InChI=1S/C21H23N5O3/c1-3-4-11-17(23-2)24-25-21(22)29-13-12-26-19(27)15-9-5-7-14-8-6-10-16(18(14)15)20(26)28/h5-10H,2-4,11-13H2,1H3,(H2,22,25)/b24-17-. The number of carbonyl (C=O) groups is 2. The summed E-state index contributed by atoms with van der Waals surface area (Å²) in [6.45, 7) is 5.56. The minimum absolute atomic E-state index is 0.00624. The number of hydrogen-bond acceptors (Lipinski definition) is 5. The predicted octanol–water partition coefficient (Wildman–Crippen LogP) is 2.97. The van der Waals surface area contributed by atoms with Gasteiger partial charge in [-0.15, -0.1) is 5.10 Å². The minimum Gasteiger partial charge on any atom is -0.462 e. The van der Waals surface area contributed by atoms with Crippen molar-refractivity contribution < 1.29 is 14.3 Å². The van der Waals surface area contributed by atoms with E-state index in [0.717, 1.165) is 23.1 Å². The van der Waals surface area contributed by atoms with Gasteiger partial charge in [-0.2, -0.15) is 0 Å². The van der Waals surface area contributed by atoms with Gasteiger partial charge in [-0.25, -0.2) is 4.99 Å². The molecule has 150 valence electrons. The number of unbranched alkanes of at least 4 members (excludes halogenated alkanes) is 1. The van der Waals surface area contributed by atoms with E-state index in [1.165, 1.54) is 0 Å². The Labute approximate surface area is 168 Å². The van der Waals surface area contributed by atoms with Gasteiger partial charge in [0.1, 0.15) is 12.4 Å². The average molecular weight is 393 g/mol. The summed E-state index contributed by atoms with van der Waals surface area (Å²) in [4.78, 5) is 30.5. The summed E-state index contributed by atoms with van der Waals surface area (Å²) in [5.41, 5.74) is 6.70. The zero-order valence-corrected chi connectivity index (χ0v) is 16.3. The van der Waals surface area contributed by atoms with E-state index in [0.29, 0.717) is 28.8 Å². The van der Waals surface area contributed by atoms with Crippen LogP contribution in [0.15, 0.2) is 51.6 Å². The average Bonchev–Trinajstić information content (AvgIpc) is 2.74. The summed E-state index contributed by atoms with van der Waals surface area (Å²) >= 11 is 0. The lowest BCUT2D eigenvalue weighted by Crippen LogP contribution is -2.42. The first kappa shape index (κ1) is 20.2. The van der Waals surface area contributed by atoms with Gasteiger partial charge in [-0.1, -0.05) is 42.7 Å². The van der Waals surface area contributed by atoms with Crippen LogP contribution in [0.2, 0.25) is 0 Å². The molecule has 0 radical (unpaired) electrons. The third-order valence-corrected chi connectivity index (χ3v) is 4.62. The molecule has 0 spiro atoms. The van der Waals surface area contributed by atoms with Gasteiger partial charge in [0.25, 0.3) is 11.8 Å². The van der Waals surface area contributed by atoms with E-state index in [1.54, 1.807) is 24.3 Å². The molecule has 0 bridgehead atoms. The highest BCUT2D eigenvalue weighted by Gasteiger charge is 2.32. The molecule has 2 aromatic carbocycles. The summed E-state index contributed by atoms with van der Waals surface area (Å²) in [6, 6.07) is 10.6. The zero-order valence-electron chi connectivity index (χ0n) is 16.3. The lowest BCUT2D eigenvalue weighted by Gasteiger charge is -2.26. The van der Waals surface area contributed by atoms with Gasteiger partial charge in [0.15, 0.2) is 0 Å². The fraction of sp³-hybridized carbons (Fsp3) is 0.286. The second-order valence-corrected chi connectivity index (χ2v) is 6.54. The molecule has 0 atom stereocenters. The highest BCUT2D eigenvalue weighted by Crippen LogP contribution is 2.29. The van der Waals surface area contributed by atoms with Gasteiger partial charge in [-0.3, -0.25) is 14.5 Å². The fourth-order valence-electron chi connectivity index (χ4n) is 3.16. The van der Waals surface area contributed by atoms with Crippen molar-refractivity contribution in [3.8, 4) is 0 Å². The second kappa shape index (κ2) is 9.09. The van der Waals surface area contributed by atoms with Crippen molar-refractivity contribution in [2.24, 2.45) is 20.9 Å². The SMILES string of the molecule is C=N/C(CCCC)=N\N=C(/N)OCCN1C(=O)c2cccc3cccc(c23)C1=O. The molecule has 1 aliphatic rings. The number of hydrogen-bond donors (Lipinski definition) is 1. The Morgan fingerprint density at radius 3 is 2.34 bits per heavy atom. The molecule has 3 rings (SSSR count).